The average Bonchev–Trinajstić information content (AvgIpc) is 2.85. The van der Waals surface area contributed by atoms with Gasteiger partial charge in [-0.1, -0.05) is 0 Å². The highest BCUT2D eigenvalue weighted by atomic mass is 16.5. The summed E-state index contributed by atoms with van der Waals surface area (Å²) >= 11 is 0. The second kappa shape index (κ2) is 3.73. The van der Waals surface area contributed by atoms with E-state index in [9.17, 15) is 9.59 Å². The lowest BCUT2D eigenvalue weighted by molar-refractivity contribution is 0.0599. The molecule has 2 heterocycles. The zero-order valence-corrected chi connectivity index (χ0v) is 9.52. The summed E-state index contributed by atoms with van der Waals surface area (Å²) in [5.41, 5.74) is 0.860. The van der Waals surface area contributed by atoms with E-state index in [4.69, 9.17) is 4.42 Å². The molecule has 0 aliphatic heterocycles. The van der Waals surface area contributed by atoms with E-state index in [1.165, 1.54) is 13.2 Å². The van der Waals surface area contributed by atoms with Crippen molar-refractivity contribution >= 4 is 27.8 Å². The number of aromatic nitrogens is 1. The number of carbonyl (C=O) groups is 1. The third-order valence-corrected chi connectivity index (χ3v) is 2.86. The fourth-order valence-corrected chi connectivity index (χ4v) is 1.98. The molecule has 18 heavy (non-hydrogen) atoms. The average molecular weight is 243 g/mol. The van der Waals surface area contributed by atoms with Crippen LogP contribution in [0.2, 0.25) is 0 Å². The molecule has 0 bridgehead atoms. The van der Waals surface area contributed by atoms with Gasteiger partial charge in [-0.25, -0.2) is 4.79 Å². The van der Waals surface area contributed by atoms with Gasteiger partial charge in [0.2, 0.25) is 0 Å². The molecule has 0 spiro atoms. The van der Waals surface area contributed by atoms with Gasteiger partial charge in [-0.2, -0.15) is 0 Å². The molecular weight excluding hydrogens is 234 g/mol. The maximum absolute atomic E-state index is 11.8. The van der Waals surface area contributed by atoms with Crippen molar-refractivity contribution in [2.75, 3.05) is 7.11 Å². The van der Waals surface area contributed by atoms with Crippen molar-refractivity contribution in [2.24, 2.45) is 0 Å². The molecule has 0 aliphatic rings. The number of furan rings is 1. The standard InChI is InChI=1S/C13H9NO4/c1-17-13(16)9-6-7-2-3-10-8(4-5-18-10)11(7)14-12(9)15/h2-6H,1H3,(H,14,15). The Bertz CT molecular complexity index is 813. The van der Waals surface area contributed by atoms with Crippen LogP contribution in [0.4, 0.5) is 0 Å². The molecule has 0 radical (unpaired) electrons. The molecule has 0 fully saturated rings. The van der Waals surface area contributed by atoms with Crippen molar-refractivity contribution < 1.29 is 13.9 Å². The number of carbonyl (C=O) groups excluding carboxylic acids is 1. The highest BCUT2D eigenvalue weighted by Crippen LogP contribution is 2.24. The molecule has 0 saturated carbocycles. The van der Waals surface area contributed by atoms with E-state index in [2.05, 4.69) is 9.72 Å². The molecule has 1 aromatic carbocycles. The summed E-state index contributed by atoms with van der Waals surface area (Å²) in [6.45, 7) is 0. The highest BCUT2D eigenvalue weighted by molar-refractivity contribution is 6.05. The lowest BCUT2D eigenvalue weighted by Gasteiger charge is -2.02. The van der Waals surface area contributed by atoms with Crippen LogP contribution in [0.15, 0.2) is 39.7 Å². The van der Waals surface area contributed by atoms with E-state index in [-0.39, 0.29) is 5.56 Å². The van der Waals surface area contributed by atoms with Gasteiger partial charge < -0.3 is 14.1 Å². The summed E-state index contributed by atoms with van der Waals surface area (Å²) < 4.78 is 9.81. The van der Waals surface area contributed by atoms with E-state index < -0.39 is 11.5 Å². The Morgan fingerprint density at radius 3 is 2.94 bits per heavy atom. The number of aromatic amines is 1. The fraction of sp³-hybridized carbons (Fsp3) is 0.0769. The van der Waals surface area contributed by atoms with Gasteiger partial charge in [0.15, 0.2) is 0 Å². The van der Waals surface area contributed by atoms with Gasteiger partial charge in [-0.3, -0.25) is 4.79 Å². The maximum atomic E-state index is 11.8. The molecule has 0 amide bonds. The number of benzene rings is 1. The summed E-state index contributed by atoms with van der Waals surface area (Å²) in [6.07, 6.45) is 1.55. The van der Waals surface area contributed by atoms with Crippen LogP contribution in [-0.2, 0) is 4.74 Å². The molecule has 0 atom stereocenters. The SMILES string of the molecule is COC(=O)c1cc2ccc3occc3c2[nH]c1=O. The lowest BCUT2D eigenvalue weighted by Crippen LogP contribution is -2.18. The number of nitrogens with one attached hydrogen (secondary N) is 1. The van der Waals surface area contributed by atoms with Crippen LogP contribution in [-0.4, -0.2) is 18.1 Å². The van der Waals surface area contributed by atoms with E-state index in [1.54, 1.807) is 24.5 Å². The first-order chi connectivity index (χ1) is 8.70. The molecule has 3 aromatic rings. The molecule has 5 nitrogen and oxygen atoms in total. The van der Waals surface area contributed by atoms with Crippen LogP contribution in [0.25, 0.3) is 21.9 Å². The van der Waals surface area contributed by atoms with Crippen LogP contribution in [0.3, 0.4) is 0 Å². The van der Waals surface area contributed by atoms with Crippen molar-refractivity contribution in [3.8, 4) is 0 Å². The zero-order chi connectivity index (χ0) is 12.7. The molecule has 0 unspecified atom stereocenters. The Morgan fingerprint density at radius 2 is 2.17 bits per heavy atom. The van der Waals surface area contributed by atoms with E-state index in [0.29, 0.717) is 11.1 Å². The number of hydrogen-bond donors (Lipinski definition) is 1. The Hall–Kier alpha value is -2.56. The second-order valence-electron chi connectivity index (χ2n) is 3.87. The van der Waals surface area contributed by atoms with Gasteiger partial charge in [0.25, 0.3) is 5.56 Å². The van der Waals surface area contributed by atoms with Crippen molar-refractivity contribution in [3.05, 3.63) is 46.4 Å². The molecule has 1 N–H and O–H groups in total. The van der Waals surface area contributed by atoms with Gasteiger partial charge in [0, 0.05) is 5.39 Å². The van der Waals surface area contributed by atoms with E-state index >= 15 is 0 Å². The predicted octanol–water partition coefficient (Wildman–Crippen LogP) is 2.06. The van der Waals surface area contributed by atoms with Crippen molar-refractivity contribution in [1.82, 2.24) is 4.98 Å². The topological polar surface area (TPSA) is 72.3 Å². The minimum absolute atomic E-state index is 0.00663. The predicted molar refractivity (Wildman–Crippen MR) is 65.7 cm³/mol. The number of fused-ring (bicyclic) bond motifs is 3. The van der Waals surface area contributed by atoms with Crippen molar-refractivity contribution in [3.63, 3.8) is 0 Å². The molecule has 2 aromatic heterocycles. The number of rotatable bonds is 1. The molecule has 0 saturated heterocycles. The van der Waals surface area contributed by atoms with E-state index in [1.807, 2.05) is 0 Å². The number of methoxy groups -OCH3 is 1. The minimum atomic E-state index is -0.648. The Morgan fingerprint density at radius 1 is 1.33 bits per heavy atom. The van der Waals surface area contributed by atoms with Crippen LogP contribution < -0.4 is 5.56 Å². The first kappa shape index (κ1) is 10.6. The Balaban J connectivity index is 2.41. The summed E-state index contributed by atoms with van der Waals surface area (Å²) in [7, 11) is 1.24. The Kier molecular flexibility index (Phi) is 2.19. The molecule has 3 rings (SSSR count). The minimum Gasteiger partial charge on any atom is -0.465 e. The number of esters is 1. The molecule has 90 valence electrons. The first-order valence-electron chi connectivity index (χ1n) is 5.32. The summed E-state index contributed by atoms with van der Waals surface area (Å²) in [5.74, 6) is -0.648. The monoisotopic (exact) mass is 243 g/mol. The van der Waals surface area contributed by atoms with Gasteiger partial charge in [-0.15, -0.1) is 0 Å². The fourth-order valence-electron chi connectivity index (χ4n) is 1.98. The molecule has 0 aliphatic carbocycles. The number of hydrogen-bond acceptors (Lipinski definition) is 4. The largest absolute Gasteiger partial charge is 0.465 e. The summed E-state index contributed by atoms with van der Waals surface area (Å²) in [5, 5.41) is 1.56. The van der Waals surface area contributed by atoms with E-state index in [0.717, 1.165) is 10.8 Å². The van der Waals surface area contributed by atoms with Crippen molar-refractivity contribution in [1.29, 1.82) is 0 Å². The van der Waals surface area contributed by atoms with Crippen LogP contribution >= 0.6 is 0 Å². The first-order valence-corrected chi connectivity index (χ1v) is 5.32. The normalized spacial score (nSPS) is 10.9. The summed E-state index contributed by atoms with van der Waals surface area (Å²) in [4.78, 5) is 25.9. The zero-order valence-electron chi connectivity index (χ0n) is 9.52. The van der Waals surface area contributed by atoms with Crippen LogP contribution in [0.5, 0.6) is 0 Å². The van der Waals surface area contributed by atoms with Gasteiger partial charge >= 0.3 is 5.97 Å². The third kappa shape index (κ3) is 1.41. The maximum Gasteiger partial charge on any atom is 0.343 e. The number of H-pyrrole nitrogens is 1. The molecular formula is C13H9NO4. The number of pyridine rings is 1. The highest BCUT2D eigenvalue weighted by Gasteiger charge is 2.13. The lowest BCUT2D eigenvalue weighted by atomic mass is 10.1. The second-order valence-corrected chi connectivity index (χ2v) is 3.87. The number of ether oxygens (including phenoxy) is 1. The van der Waals surface area contributed by atoms with Gasteiger partial charge in [0.05, 0.1) is 18.9 Å². The molecule has 5 heteroatoms. The van der Waals surface area contributed by atoms with Crippen molar-refractivity contribution in [2.45, 2.75) is 0 Å². The Labute approximate surface area is 101 Å². The summed E-state index contributed by atoms with van der Waals surface area (Å²) in [6, 6.07) is 6.86. The van der Waals surface area contributed by atoms with Gasteiger partial charge in [-0.05, 0) is 29.7 Å². The van der Waals surface area contributed by atoms with Gasteiger partial charge in [0.1, 0.15) is 11.1 Å². The quantitative estimate of drug-likeness (QED) is 0.664. The van der Waals surface area contributed by atoms with Crippen LogP contribution in [0, 0.1) is 0 Å². The smallest absolute Gasteiger partial charge is 0.343 e. The third-order valence-electron chi connectivity index (χ3n) is 2.86. The van der Waals surface area contributed by atoms with Crippen LogP contribution in [0.1, 0.15) is 10.4 Å².